The van der Waals surface area contributed by atoms with E-state index in [4.69, 9.17) is 9.47 Å². The first-order valence-electron chi connectivity index (χ1n) is 11.4. The summed E-state index contributed by atoms with van der Waals surface area (Å²) in [5.74, 6) is -0.897. The average Bonchev–Trinajstić information content (AvgIpc) is 2.81. The number of benzene rings is 2. The van der Waals surface area contributed by atoms with Gasteiger partial charge in [-0.3, -0.25) is 14.4 Å². The van der Waals surface area contributed by atoms with Crippen molar-refractivity contribution in [2.75, 3.05) is 17.2 Å². The highest BCUT2D eigenvalue weighted by atomic mass is 16.6. The minimum atomic E-state index is -0.719. The van der Waals surface area contributed by atoms with Crippen molar-refractivity contribution in [3.8, 4) is 5.75 Å². The van der Waals surface area contributed by atoms with E-state index in [9.17, 15) is 19.2 Å². The molecule has 1 aromatic heterocycles. The summed E-state index contributed by atoms with van der Waals surface area (Å²) in [6.45, 7) is 7.05. The Balaban J connectivity index is 1.49. The van der Waals surface area contributed by atoms with Gasteiger partial charge in [-0.15, -0.1) is 0 Å². The van der Waals surface area contributed by atoms with E-state index in [1.165, 1.54) is 0 Å². The Morgan fingerprint density at radius 2 is 1.97 bits per heavy atom. The van der Waals surface area contributed by atoms with Crippen molar-refractivity contribution < 1.29 is 23.9 Å². The third-order valence-corrected chi connectivity index (χ3v) is 5.21. The molecule has 2 amide bonds. The number of carbonyl (C=O) groups excluding carboxylic acids is 3. The Kier molecular flexibility index (Phi) is 6.65. The van der Waals surface area contributed by atoms with Gasteiger partial charge in [0.15, 0.2) is 12.4 Å². The first-order chi connectivity index (χ1) is 17.0. The first-order valence-corrected chi connectivity index (χ1v) is 11.4. The Hall–Kier alpha value is -4.41. The molecule has 3 aromatic rings. The summed E-state index contributed by atoms with van der Waals surface area (Å²) in [4.78, 5) is 56.3. The molecule has 1 aliphatic rings. The van der Waals surface area contributed by atoms with Crippen molar-refractivity contribution in [2.24, 2.45) is 0 Å². The van der Waals surface area contributed by atoms with Gasteiger partial charge in [0, 0.05) is 12.2 Å². The lowest BCUT2D eigenvalue weighted by Gasteiger charge is -2.23. The maximum absolute atomic E-state index is 12.9. The molecule has 4 N–H and O–H groups in total. The Morgan fingerprint density at radius 3 is 2.72 bits per heavy atom. The lowest BCUT2D eigenvalue weighted by atomic mass is 10.1. The number of H-pyrrole nitrogens is 1. The number of carbonyl (C=O) groups is 3. The van der Waals surface area contributed by atoms with E-state index in [0.29, 0.717) is 22.6 Å². The summed E-state index contributed by atoms with van der Waals surface area (Å²) in [5, 5.41) is 8.63. The lowest BCUT2D eigenvalue weighted by Crippen LogP contribution is -2.35. The number of nitrogens with one attached hydrogen (secondary N) is 4. The molecule has 0 saturated heterocycles. The van der Waals surface area contributed by atoms with Crippen molar-refractivity contribution in [3.05, 3.63) is 58.1 Å². The van der Waals surface area contributed by atoms with Gasteiger partial charge in [-0.05, 0) is 57.5 Å². The molecule has 11 nitrogen and oxygen atoms in total. The van der Waals surface area contributed by atoms with Crippen LogP contribution in [0.5, 0.6) is 5.75 Å². The van der Waals surface area contributed by atoms with E-state index in [0.717, 1.165) is 5.56 Å². The molecule has 0 bridgehead atoms. The van der Waals surface area contributed by atoms with E-state index in [2.05, 4.69) is 25.9 Å². The molecule has 0 spiro atoms. The molecule has 0 radical (unpaired) electrons. The van der Waals surface area contributed by atoms with Crippen molar-refractivity contribution in [1.29, 1.82) is 0 Å². The van der Waals surface area contributed by atoms with Crippen molar-refractivity contribution in [2.45, 2.75) is 45.9 Å². The molecule has 1 aliphatic heterocycles. The second kappa shape index (κ2) is 9.68. The highest BCUT2D eigenvalue weighted by molar-refractivity contribution is 5.97. The fraction of sp³-hybridized carbons (Fsp3) is 0.320. The van der Waals surface area contributed by atoms with Crippen LogP contribution in [0.3, 0.4) is 0 Å². The number of amides is 2. The summed E-state index contributed by atoms with van der Waals surface area (Å²) in [6.07, 6.45) is 0. The van der Waals surface area contributed by atoms with Gasteiger partial charge in [-0.2, -0.15) is 0 Å². The van der Waals surface area contributed by atoms with Crippen LogP contribution >= 0.6 is 0 Å². The molecule has 0 saturated carbocycles. The maximum atomic E-state index is 12.9. The van der Waals surface area contributed by atoms with Gasteiger partial charge >= 0.3 is 5.97 Å². The van der Waals surface area contributed by atoms with Crippen LogP contribution < -0.4 is 26.2 Å². The molecule has 188 valence electrons. The normalized spacial score (nSPS) is 13.7. The molecule has 2 heterocycles. The zero-order valence-corrected chi connectivity index (χ0v) is 20.4. The number of hydrogen-bond donors (Lipinski definition) is 4. The monoisotopic (exact) mass is 493 g/mol. The third-order valence-electron chi connectivity index (χ3n) is 5.21. The lowest BCUT2D eigenvalue weighted by molar-refractivity contribution is -0.155. The molecule has 1 atom stereocenters. The second-order valence-corrected chi connectivity index (χ2v) is 9.36. The smallest absolute Gasteiger partial charge is 0.328 e. The summed E-state index contributed by atoms with van der Waals surface area (Å²) in [6, 6.07) is 9.38. The molecule has 11 heteroatoms. The van der Waals surface area contributed by atoms with Crippen LogP contribution in [0.4, 0.5) is 11.4 Å². The van der Waals surface area contributed by atoms with Crippen LogP contribution in [0.1, 0.15) is 43.9 Å². The van der Waals surface area contributed by atoms with E-state index in [-0.39, 0.29) is 30.3 Å². The Labute approximate surface area is 206 Å². The number of rotatable bonds is 6. The number of ether oxygens (including phenoxy) is 2. The zero-order chi connectivity index (χ0) is 26.0. The maximum Gasteiger partial charge on any atom is 0.328 e. The number of anilines is 2. The van der Waals surface area contributed by atoms with E-state index < -0.39 is 29.1 Å². The molecular formula is C25H27N5O6. The average molecular weight is 494 g/mol. The number of aromatic amines is 1. The highest BCUT2D eigenvalue weighted by Crippen LogP contribution is 2.28. The van der Waals surface area contributed by atoms with Gasteiger partial charge < -0.3 is 30.4 Å². The van der Waals surface area contributed by atoms with E-state index in [1.807, 2.05) is 0 Å². The first kappa shape index (κ1) is 24.7. The number of aromatic nitrogens is 2. The van der Waals surface area contributed by atoms with Crippen LogP contribution in [-0.2, 0) is 20.9 Å². The fourth-order valence-corrected chi connectivity index (χ4v) is 3.61. The van der Waals surface area contributed by atoms with Crippen molar-refractivity contribution in [3.63, 3.8) is 0 Å². The molecule has 36 heavy (non-hydrogen) atoms. The second-order valence-electron chi connectivity index (χ2n) is 9.36. The standard InChI is InChI=1S/C25H27N5O6/c1-13(24(34)36-25(2,3)4)27-15-6-5-7-16-20(15)22(32)30-21(29-16)23(33)26-11-14-8-9-18-17(10-14)28-19(31)12-35-18/h5-10,13,27H,11-12H2,1-4H3,(H,26,33)(H,28,31)(H,29,30,32)/t13-/m0/s1. The summed E-state index contributed by atoms with van der Waals surface area (Å²) < 4.78 is 10.7. The zero-order valence-electron chi connectivity index (χ0n) is 20.4. The summed E-state index contributed by atoms with van der Waals surface area (Å²) >= 11 is 0. The van der Waals surface area contributed by atoms with Gasteiger partial charge in [-0.1, -0.05) is 12.1 Å². The van der Waals surface area contributed by atoms with Gasteiger partial charge in [0.05, 0.1) is 16.6 Å². The number of nitrogens with zero attached hydrogens (tertiary/aromatic N) is 1. The molecular weight excluding hydrogens is 466 g/mol. The minimum absolute atomic E-state index is 0.0404. The van der Waals surface area contributed by atoms with E-state index in [1.54, 1.807) is 64.1 Å². The molecule has 2 aromatic carbocycles. The van der Waals surface area contributed by atoms with E-state index >= 15 is 0 Å². The predicted molar refractivity (Wildman–Crippen MR) is 133 cm³/mol. The molecule has 0 unspecified atom stereocenters. The largest absolute Gasteiger partial charge is 0.482 e. The third kappa shape index (κ3) is 5.62. The van der Waals surface area contributed by atoms with Gasteiger partial charge in [0.25, 0.3) is 17.4 Å². The number of fused-ring (bicyclic) bond motifs is 2. The molecule has 4 rings (SSSR count). The quantitative estimate of drug-likeness (QED) is 0.382. The minimum Gasteiger partial charge on any atom is -0.482 e. The summed E-state index contributed by atoms with van der Waals surface area (Å²) in [7, 11) is 0. The van der Waals surface area contributed by atoms with Crippen LogP contribution in [0.2, 0.25) is 0 Å². The van der Waals surface area contributed by atoms with Crippen LogP contribution in [-0.4, -0.2) is 46.0 Å². The number of hydrogen-bond acceptors (Lipinski definition) is 8. The predicted octanol–water partition coefficient (Wildman–Crippen LogP) is 2.33. The van der Waals surface area contributed by atoms with Crippen LogP contribution in [0.15, 0.2) is 41.2 Å². The van der Waals surface area contributed by atoms with Crippen LogP contribution in [0.25, 0.3) is 10.9 Å². The summed E-state index contributed by atoms with van der Waals surface area (Å²) in [5.41, 5.74) is 0.755. The molecule has 0 fully saturated rings. The number of esters is 1. The molecule has 0 aliphatic carbocycles. The van der Waals surface area contributed by atoms with Crippen LogP contribution in [0, 0.1) is 0 Å². The Bertz CT molecular complexity index is 1410. The van der Waals surface area contributed by atoms with Gasteiger partial charge in [-0.25, -0.2) is 9.78 Å². The van der Waals surface area contributed by atoms with Gasteiger partial charge in [0.1, 0.15) is 17.4 Å². The Morgan fingerprint density at radius 1 is 1.19 bits per heavy atom. The van der Waals surface area contributed by atoms with Gasteiger partial charge in [0.2, 0.25) is 0 Å². The van der Waals surface area contributed by atoms with Crippen molar-refractivity contribution in [1.82, 2.24) is 15.3 Å². The van der Waals surface area contributed by atoms with Crippen molar-refractivity contribution >= 4 is 40.1 Å². The topological polar surface area (TPSA) is 152 Å². The fourth-order valence-electron chi connectivity index (χ4n) is 3.61. The highest BCUT2D eigenvalue weighted by Gasteiger charge is 2.23. The SMILES string of the molecule is C[C@H](Nc1cccc2nc(C(=O)NCc3ccc4c(c3)NC(=O)CO4)[nH]c(=O)c12)C(=O)OC(C)(C)C.